The van der Waals surface area contributed by atoms with E-state index in [-0.39, 0.29) is 6.03 Å². The number of hydrogen-bond acceptors (Lipinski definition) is 6. The van der Waals surface area contributed by atoms with Gasteiger partial charge in [0.25, 0.3) is 0 Å². The largest absolute Gasteiger partial charge is 0.324 e. The molecule has 2 aromatic heterocycles. The first kappa shape index (κ1) is 14.3. The molecule has 0 unspecified atom stereocenters. The minimum atomic E-state index is -0.106. The highest BCUT2D eigenvalue weighted by molar-refractivity contribution is 7.98. The van der Waals surface area contributed by atoms with E-state index < -0.39 is 0 Å². The number of aromatic nitrogens is 4. The molecule has 0 spiro atoms. The molecule has 0 bridgehead atoms. The topological polar surface area (TPSA) is 75.9 Å². The highest BCUT2D eigenvalue weighted by Gasteiger charge is 2.28. The molecular formula is C12H16N6OS2. The highest BCUT2D eigenvalue weighted by atomic mass is 32.2. The number of carbonyl (C=O) groups excluding carboxylic acids is 1. The predicted octanol–water partition coefficient (Wildman–Crippen LogP) is 2.01. The van der Waals surface area contributed by atoms with Crippen LogP contribution in [0.25, 0.3) is 0 Å². The molecule has 1 aliphatic heterocycles. The molecule has 0 aromatic carbocycles. The van der Waals surface area contributed by atoms with Crippen molar-refractivity contribution in [1.29, 1.82) is 0 Å². The fourth-order valence-electron chi connectivity index (χ4n) is 2.38. The van der Waals surface area contributed by atoms with Crippen LogP contribution in [0, 0.1) is 0 Å². The molecular weight excluding hydrogens is 308 g/mol. The van der Waals surface area contributed by atoms with Crippen molar-refractivity contribution in [3.05, 3.63) is 18.0 Å². The summed E-state index contributed by atoms with van der Waals surface area (Å²) in [6, 6.07) is -0.106. The van der Waals surface area contributed by atoms with E-state index in [1.54, 1.807) is 4.68 Å². The van der Waals surface area contributed by atoms with Gasteiger partial charge in [-0.15, -0.1) is 0 Å². The van der Waals surface area contributed by atoms with Crippen LogP contribution >= 0.6 is 23.3 Å². The summed E-state index contributed by atoms with van der Waals surface area (Å²) in [6.45, 7) is 1.46. The van der Waals surface area contributed by atoms with E-state index in [9.17, 15) is 4.79 Å². The number of thioether (sulfide) groups is 1. The third-order valence-electron chi connectivity index (χ3n) is 3.48. The van der Waals surface area contributed by atoms with Crippen LogP contribution in [0.2, 0.25) is 0 Å². The molecule has 0 aliphatic carbocycles. The fraction of sp³-hybridized carbons (Fsp3) is 0.500. The van der Waals surface area contributed by atoms with Gasteiger partial charge < -0.3 is 4.90 Å². The Kier molecular flexibility index (Phi) is 4.11. The van der Waals surface area contributed by atoms with Crippen molar-refractivity contribution < 1.29 is 4.79 Å². The number of nitrogens with one attached hydrogen (secondary N) is 1. The quantitative estimate of drug-likeness (QED) is 0.874. The van der Waals surface area contributed by atoms with Crippen molar-refractivity contribution in [3.8, 4) is 0 Å². The summed E-state index contributed by atoms with van der Waals surface area (Å²) in [4.78, 5) is 18.3. The number of amides is 2. The Morgan fingerprint density at radius 2 is 2.43 bits per heavy atom. The van der Waals surface area contributed by atoms with E-state index in [1.807, 2.05) is 30.6 Å². The summed E-state index contributed by atoms with van der Waals surface area (Å²) in [7, 11) is 1.90. The number of nitrogens with zero attached hydrogens (tertiary/aromatic N) is 5. The molecule has 2 amide bonds. The monoisotopic (exact) mass is 324 g/mol. The van der Waals surface area contributed by atoms with Gasteiger partial charge in [0, 0.05) is 43.8 Å². The van der Waals surface area contributed by atoms with Gasteiger partial charge in [-0.1, -0.05) is 11.8 Å². The van der Waals surface area contributed by atoms with Crippen molar-refractivity contribution in [2.24, 2.45) is 7.05 Å². The summed E-state index contributed by atoms with van der Waals surface area (Å²) in [5.41, 5.74) is 1.19. The Bertz CT molecular complexity index is 639. The smallest absolute Gasteiger partial charge is 0.323 e. The zero-order valence-corrected chi connectivity index (χ0v) is 13.4. The lowest BCUT2D eigenvalue weighted by molar-refractivity contribution is 0.222. The number of likely N-dealkylation sites (tertiary alicyclic amines) is 1. The summed E-state index contributed by atoms with van der Waals surface area (Å²) in [5.74, 6) is 0.362. The van der Waals surface area contributed by atoms with Gasteiger partial charge in [0.05, 0.1) is 6.20 Å². The van der Waals surface area contributed by atoms with E-state index in [0.29, 0.717) is 22.8 Å². The van der Waals surface area contributed by atoms with Gasteiger partial charge in [0.15, 0.2) is 0 Å². The van der Waals surface area contributed by atoms with Crippen LogP contribution in [0.3, 0.4) is 0 Å². The average Bonchev–Trinajstić information content (AvgIpc) is 3.17. The van der Waals surface area contributed by atoms with Gasteiger partial charge in [0.2, 0.25) is 10.3 Å². The van der Waals surface area contributed by atoms with E-state index >= 15 is 0 Å². The maximum atomic E-state index is 12.2. The normalized spacial score (nSPS) is 18.2. The van der Waals surface area contributed by atoms with Gasteiger partial charge in [-0.2, -0.15) is 14.5 Å². The molecule has 112 valence electrons. The summed E-state index contributed by atoms with van der Waals surface area (Å²) < 4.78 is 5.92. The lowest BCUT2D eigenvalue weighted by atomic mass is 10.0. The number of carbonyl (C=O) groups is 1. The Labute approximate surface area is 130 Å². The molecule has 3 rings (SSSR count). The fourth-order valence-corrected chi connectivity index (χ4v) is 3.50. The van der Waals surface area contributed by atoms with Crippen LogP contribution in [0.1, 0.15) is 17.9 Å². The SMILES string of the molecule is CSc1nsc(NC(=O)N2CC[C@H](c3cnn(C)c3)C2)n1. The third-order valence-corrected chi connectivity index (χ3v) is 4.77. The van der Waals surface area contributed by atoms with Crippen molar-refractivity contribution in [3.63, 3.8) is 0 Å². The zero-order valence-electron chi connectivity index (χ0n) is 11.8. The van der Waals surface area contributed by atoms with E-state index in [2.05, 4.69) is 19.8 Å². The van der Waals surface area contributed by atoms with Crippen molar-refractivity contribution in [2.45, 2.75) is 17.5 Å². The van der Waals surface area contributed by atoms with Crippen LogP contribution in [-0.2, 0) is 7.05 Å². The van der Waals surface area contributed by atoms with Gasteiger partial charge >= 0.3 is 6.03 Å². The molecule has 21 heavy (non-hydrogen) atoms. The number of hydrogen-bond donors (Lipinski definition) is 1. The molecule has 2 aromatic rings. The standard InChI is InChI=1S/C12H16N6OS2/c1-17-6-9(5-13-17)8-3-4-18(7-8)12(19)15-10-14-11(20-2)16-21-10/h5-6,8H,3-4,7H2,1-2H3,(H,14,15,16,19)/t8-/m0/s1. The maximum absolute atomic E-state index is 12.2. The van der Waals surface area contributed by atoms with Crippen molar-refractivity contribution in [1.82, 2.24) is 24.0 Å². The van der Waals surface area contributed by atoms with Gasteiger partial charge in [-0.3, -0.25) is 10.00 Å². The van der Waals surface area contributed by atoms with Gasteiger partial charge in [0.1, 0.15) is 0 Å². The number of anilines is 1. The first-order chi connectivity index (χ1) is 10.2. The molecule has 7 nitrogen and oxygen atoms in total. The molecule has 1 saturated heterocycles. The highest BCUT2D eigenvalue weighted by Crippen LogP contribution is 2.27. The molecule has 1 N–H and O–H groups in total. The number of aryl methyl sites for hydroxylation is 1. The maximum Gasteiger partial charge on any atom is 0.323 e. The van der Waals surface area contributed by atoms with Crippen LogP contribution < -0.4 is 5.32 Å². The van der Waals surface area contributed by atoms with Crippen LogP contribution in [-0.4, -0.2) is 49.4 Å². The third kappa shape index (κ3) is 3.18. The second kappa shape index (κ2) is 6.02. The van der Waals surface area contributed by atoms with Crippen LogP contribution in [0.15, 0.2) is 17.6 Å². The Balaban J connectivity index is 1.59. The van der Waals surface area contributed by atoms with Crippen LogP contribution in [0.4, 0.5) is 9.93 Å². The summed E-state index contributed by atoms with van der Waals surface area (Å²) >= 11 is 2.67. The molecule has 9 heteroatoms. The zero-order chi connectivity index (χ0) is 14.8. The molecule has 1 aliphatic rings. The molecule has 1 fully saturated rings. The summed E-state index contributed by atoms with van der Waals surface area (Å²) in [5, 5.41) is 8.24. The molecule has 0 radical (unpaired) electrons. The Hall–Kier alpha value is -1.61. The minimum absolute atomic E-state index is 0.106. The lowest BCUT2D eigenvalue weighted by Gasteiger charge is -2.15. The molecule has 0 saturated carbocycles. The minimum Gasteiger partial charge on any atom is -0.324 e. The van der Waals surface area contributed by atoms with Gasteiger partial charge in [-0.05, 0) is 18.2 Å². The number of rotatable bonds is 3. The van der Waals surface area contributed by atoms with E-state index in [4.69, 9.17) is 0 Å². The lowest BCUT2D eigenvalue weighted by Crippen LogP contribution is -2.32. The molecule has 3 heterocycles. The first-order valence-corrected chi connectivity index (χ1v) is 8.57. The molecule has 1 atom stereocenters. The first-order valence-electron chi connectivity index (χ1n) is 6.58. The Morgan fingerprint density at radius 1 is 1.57 bits per heavy atom. The van der Waals surface area contributed by atoms with Gasteiger partial charge in [-0.25, -0.2) is 4.79 Å². The average molecular weight is 324 g/mol. The van der Waals surface area contributed by atoms with Crippen LogP contribution in [0.5, 0.6) is 0 Å². The van der Waals surface area contributed by atoms with Crippen molar-refractivity contribution in [2.75, 3.05) is 24.7 Å². The Morgan fingerprint density at radius 3 is 3.10 bits per heavy atom. The number of urea groups is 1. The second-order valence-corrected chi connectivity index (χ2v) is 6.42. The second-order valence-electron chi connectivity index (χ2n) is 4.90. The van der Waals surface area contributed by atoms with E-state index in [0.717, 1.165) is 13.0 Å². The van der Waals surface area contributed by atoms with E-state index in [1.165, 1.54) is 28.9 Å². The van der Waals surface area contributed by atoms with Crippen molar-refractivity contribution >= 4 is 34.5 Å². The summed E-state index contributed by atoms with van der Waals surface area (Å²) in [6.07, 6.45) is 6.76. The predicted molar refractivity (Wildman–Crippen MR) is 82.8 cm³/mol.